The lowest BCUT2D eigenvalue weighted by Gasteiger charge is -2.09. The van der Waals surface area contributed by atoms with Gasteiger partial charge in [0.15, 0.2) is 0 Å². The average molecular weight is 351 g/mol. The summed E-state index contributed by atoms with van der Waals surface area (Å²) in [6, 6.07) is 7.16. The van der Waals surface area contributed by atoms with E-state index in [0.717, 1.165) is 18.4 Å². The van der Waals surface area contributed by atoms with Gasteiger partial charge in [0, 0.05) is 23.7 Å². The lowest BCUT2D eigenvalue weighted by atomic mass is 10.1. The Morgan fingerprint density at radius 3 is 2.77 bits per heavy atom. The van der Waals surface area contributed by atoms with Crippen molar-refractivity contribution in [2.45, 2.75) is 6.42 Å². The molecule has 0 atom stereocenters. The predicted molar refractivity (Wildman–Crippen MR) is 99.9 cm³/mol. The van der Waals surface area contributed by atoms with Crippen molar-refractivity contribution >= 4 is 16.8 Å². The van der Waals surface area contributed by atoms with Gasteiger partial charge < -0.3 is 15.3 Å². The maximum atomic E-state index is 12.1. The number of hydrogen-bond donors (Lipinski definition) is 2. The van der Waals surface area contributed by atoms with Crippen LogP contribution in [-0.2, 0) is 0 Å². The lowest BCUT2D eigenvalue weighted by Crippen LogP contribution is -2.27. The van der Waals surface area contributed by atoms with E-state index in [9.17, 15) is 9.90 Å². The first-order valence-corrected chi connectivity index (χ1v) is 8.37. The fraction of sp³-hybridized carbons (Fsp3) is 0.263. The molecule has 26 heavy (non-hydrogen) atoms. The minimum Gasteiger partial charge on any atom is -0.506 e. The van der Waals surface area contributed by atoms with E-state index in [1.54, 1.807) is 18.3 Å². The van der Waals surface area contributed by atoms with Crippen LogP contribution < -0.4 is 5.32 Å². The zero-order chi connectivity index (χ0) is 18.5. The summed E-state index contributed by atoms with van der Waals surface area (Å²) in [5.41, 5.74) is 2.10. The number of aromatic hydroxyl groups is 1. The Morgan fingerprint density at radius 1 is 1.19 bits per heavy atom. The first kappa shape index (κ1) is 17.8. The number of benzene rings is 1. The van der Waals surface area contributed by atoms with E-state index < -0.39 is 0 Å². The number of amides is 1. The second-order valence-corrected chi connectivity index (χ2v) is 6.27. The van der Waals surface area contributed by atoms with Crippen LogP contribution in [0.1, 0.15) is 16.9 Å². The lowest BCUT2D eigenvalue weighted by molar-refractivity contribution is 0.0947. The standard InChI is InChI=1S/C19H21N5O2/c1-24(2)8-4-7-21-19(26)16-12-22-15(11-23-16)14-9-13-5-3-6-20-18(13)17(25)10-14/h3,5-6,9-12,25H,4,7-8H2,1-2H3,(H,21,26). The molecule has 2 aromatic heterocycles. The zero-order valence-corrected chi connectivity index (χ0v) is 14.8. The van der Waals surface area contributed by atoms with E-state index in [1.807, 2.05) is 26.2 Å². The number of fused-ring (bicyclic) bond motifs is 1. The highest BCUT2D eigenvalue weighted by atomic mass is 16.3. The van der Waals surface area contributed by atoms with E-state index in [4.69, 9.17) is 0 Å². The summed E-state index contributed by atoms with van der Waals surface area (Å²) in [6.07, 6.45) is 5.48. The number of pyridine rings is 1. The number of rotatable bonds is 6. The molecule has 0 aliphatic rings. The number of hydrogen-bond acceptors (Lipinski definition) is 6. The summed E-state index contributed by atoms with van der Waals surface area (Å²) in [4.78, 5) is 26.8. The van der Waals surface area contributed by atoms with Gasteiger partial charge in [-0.1, -0.05) is 6.07 Å². The Kier molecular flexibility index (Phi) is 5.38. The number of nitrogens with zero attached hydrogens (tertiary/aromatic N) is 4. The minimum atomic E-state index is -0.242. The number of phenols is 1. The smallest absolute Gasteiger partial charge is 0.271 e. The molecule has 0 saturated carbocycles. The van der Waals surface area contributed by atoms with Crippen LogP contribution in [0.25, 0.3) is 22.2 Å². The Labute approximate surface area is 151 Å². The molecule has 0 saturated heterocycles. The molecule has 1 amide bonds. The third-order valence-corrected chi connectivity index (χ3v) is 3.93. The fourth-order valence-electron chi connectivity index (χ4n) is 2.60. The Balaban J connectivity index is 1.72. The van der Waals surface area contributed by atoms with E-state index in [2.05, 4.69) is 25.2 Å². The molecule has 3 rings (SSSR count). The largest absolute Gasteiger partial charge is 0.506 e. The molecule has 7 heteroatoms. The van der Waals surface area contributed by atoms with Gasteiger partial charge in [0.05, 0.1) is 18.1 Å². The molecule has 1 aromatic carbocycles. The van der Waals surface area contributed by atoms with Crippen LogP contribution in [0.4, 0.5) is 0 Å². The number of phenolic OH excluding ortho intramolecular Hbond substituents is 1. The molecular weight excluding hydrogens is 330 g/mol. The van der Waals surface area contributed by atoms with Crippen LogP contribution >= 0.6 is 0 Å². The Morgan fingerprint density at radius 2 is 2.04 bits per heavy atom. The summed E-state index contributed by atoms with van der Waals surface area (Å²) in [5, 5.41) is 13.8. The van der Waals surface area contributed by atoms with Gasteiger partial charge in [-0.15, -0.1) is 0 Å². The first-order valence-electron chi connectivity index (χ1n) is 8.37. The molecule has 0 radical (unpaired) electrons. The molecule has 134 valence electrons. The topological polar surface area (TPSA) is 91.2 Å². The number of carbonyl (C=O) groups is 1. The zero-order valence-electron chi connectivity index (χ0n) is 14.8. The van der Waals surface area contributed by atoms with Gasteiger partial charge in [-0.3, -0.25) is 14.8 Å². The third-order valence-electron chi connectivity index (χ3n) is 3.93. The molecule has 0 unspecified atom stereocenters. The van der Waals surface area contributed by atoms with Crippen molar-refractivity contribution in [1.29, 1.82) is 0 Å². The Bertz CT molecular complexity index is 909. The van der Waals surface area contributed by atoms with Crippen LogP contribution in [0.5, 0.6) is 5.75 Å². The van der Waals surface area contributed by atoms with Gasteiger partial charge in [0.1, 0.15) is 17.0 Å². The molecule has 3 aromatic rings. The maximum absolute atomic E-state index is 12.1. The van der Waals surface area contributed by atoms with Crippen molar-refractivity contribution in [3.63, 3.8) is 0 Å². The van der Waals surface area contributed by atoms with Crippen molar-refractivity contribution in [2.24, 2.45) is 0 Å². The van der Waals surface area contributed by atoms with Crippen molar-refractivity contribution in [3.05, 3.63) is 48.5 Å². The minimum absolute atomic E-state index is 0.0858. The van der Waals surface area contributed by atoms with E-state index >= 15 is 0 Å². The highest BCUT2D eigenvalue weighted by molar-refractivity contribution is 5.92. The molecular formula is C19H21N5O2. The van der Waals surface area contributed by atoms with Crippen LogP contribution in [0.3, 0.4) is 0 Å². The molecule has 0 bridgehead atoms. The van der Waals surface area contributed by atoms with E-state index in [-0.39, 0.29) is 17.4 Å². The van der Waals surface area contributed by atoms with Gasteiger partial charge in [-0.25, -0.2) is 4.98 Å². The average Bonchev–Trinajstić information content (AvgIpc) is 2.65. The third kappa shape index (κ3) is 4.12. The summed E-state index contributed by atoms with van der Waals surface area (Å²) in [7, 11) is 3.99. The monoisotopic (exact) mass is 351 g/mol. The van der Waals surface area contributed by atoms with Crippen LogP contribution in [0.2, 0.25) is 0 Å². The van der Waals surface area contributed by atoms with E-state index in [1.165, 1.54) is 12.4 Å². The van der Waals surface area contributed by atoms with Crippen molar-refractivity contribution in [3.8, 4) is 17.0 Å². The quantitative estimate of drug-likeness (QED) is 0.661. The summed E-state index contributed by atoms with van der Waals surface area (Å²) >= 11 is 0. The van der Waals surface area contributed by atoms with Crippen molar-refractivity contribution in [1.82, 2.24) is 25.2 Å². The summed E-state index contributed by atoms with van der Waals surface area (Å²) in [5.74, 6) is -0.157. The van der Waals surface area contributed by atoms with Crippen LogP contribution in [0, 0.1) is 0 Å². The molecule has 2 heterocycles. The predicted octanol–water partition coefficient (Wildman–Crippen LogP) is 2.08. The number of aromatic nitrogens is 3. The van der Waals surface area contributed by atoms with Gasteiger partial charge in [0.2, 0.25) is 0 Å². The van der Waals surface area contributed by atoms with Crippen LogP contribution in [0.15, 0.2) is 42.9 Å². The number of carbonyl (C=O) groups excluding carboxylic acids is 1. The highest BCUT2D eigenvalue weighted by Crippen LogP contribution is 2.29. The normalized spacial score (nSPS) is 11.0. The SMILES string of the molecule is CN(C)CCCNC(=O)c1cnc(-c2cc(O)c3ncccc3c2)cn1. The molecule has 7 nitrogen and oxygen atoms in total. The second-order valence-electron chi connectivity index (χ2n) is 6.27. The maximum Gasteiger partial charge on any atom is 0.271 e. The second kappa shape index (κ2) is 7.88. The van der Waals surface area contributed by atoms with E-state index in [0.29, 0.717) is 23.3 Å². The molecule has 0 aliphatic carbocycles. The number of nitrogens with one attached hydrogen (secondary N) is 1. The van der Waals surface area contributed by atoms with Gasteiger partial charge in [-0.2, -0.15) is 0 Å². The Hall–Kier alpha value is -3.06. The van der Waals surface area contributed by atoms with Crippen LogP contribution in [-0.4, -0.2) is 58.1 Å². The summed E-state index contributed by atoms with van der Waals surface area (Å²) in [6.45, 7) is 1.50. The first-order chi connectivity index (χ1) is 12.5. The molecule has 2 N–H and O–H groups in total. The highest BCUT2D eigenvalue weighted by Gasteiger charge is 2.10. The molecule has 0 fully saturated rings. The summed E-state index contributed by atoms with van der Waals surface area (Å²) < 4.78 is 0. The van der Waals surface area contributed by atoms with Gasteiger partial charge in [-0.05, 0) is 45.3 Å². The van der Waals surface area contributed by atoms with Gasteiger partial charge >= 0.3 is 0 Å². The fourth-order valence-corrected chi connectivity index (χ4v) is 2.60. The van der Waals surface area contributed by atoms with Crippen molar-refractivity contribution < 1.29 is 9.90 Å². The van der Waals surface area contributed by atoms with Crippen molar-refractivity contribution in [2.75, 3.05) is 27.2 Å². The molecule has 0 spiro atoms. The molecule has 0 aliphatic heterocycles. The van der Waals surface area contributed by atoms with Gasteiger partial charge in [0.25, 0.3) is 5.91 Å².